The molecule has 1 saturated carbocycles. The van der Waals surface area contributed by atoms with E-state index in [1.165, 1.54) is 11.3 Å². The first-order valence-corrected chi connectivity index (χ1v) is 9.16. The molecule has 2 amide bonds. The van der Waals surface area contributed by atoms with E-state index in [2.05, 4.69) is 20.8 Å². The number of nitrogens with zero attached hydrogens (tertiary/aromatic N) is 2. The number of aromatic nitrogens is 2. The zero-order chi connectivity index (χ0) is 17.9. The van der Waals surface area contributed by atoms with Crippen molar-refractivity contribution in [3.63, 3.8) is 0 Å². The number of aliphatic hydroxyl groups excluding tert-OH is 1. The van der Waals surface area contributed by atoms with Gasteiger partial charge in [-0.15, -0.1) is 10.2 Å². The first-order valence-electron chi connectivity index (χ1n) is 8.35. The molecule has 0 bridgehead atoms. The van der Waals surface area contributed by atoms with Crippen molar-refractivity contribution >= 4 is 28.3 Å². The molecule has 1 aliphatic carbocycles. The first kappa shape index (κ1) is 18.8. The van der Waals surface area contributed by atoms with Gasteiger partial charge in [0.25, 0.3) is 0 Å². The average molecular weight is 354 g/mol. The molecule has 0 aliphatic heterocycles. The fourth-order valence-electron chi connectivity index (χ4n) is 2.17. The number of aliphatic hydroxyl groups is 1. The summed E-state index contributed by atoms with van der Waals surface area (Å²) < 4.78 is 0. The average Bonchev–Trinajstić information content (AvgIpc) is 3.25. The van der Waals surface area contributed by atoms with Crippen LogP contribution < -0.4 is 10.6 Å². The lowest BCUT2D eigenvalue weighted by atomic mass is 9.88. The zero-order valence-electron chi connectivity index (χ0n) is 14.6. The van der Waals surface area contributed by atoms with E-state index in [0.717, 1.165) is 24.3 Å². The van der Waals surface area contributed by atoms with Crippen molar-refractivity contribution in [2.45, 2.75) is 71.4 Å². The predicted molar refractivity (Wildman–Crippen MR) is 92.8 cm³/mol. The van der Waals surface area contributed by atoms with Crippen LogP contribution in [0.2, 0.25) is 0 Å². The van der Waals surface area contributed by atoms with Gasteiger partial charge in [0.15, 0.2) is 0 Å². The van der Waals surface area contributed by atoms with Gasteiger partial charge in [-0.05, 0) is 24.7 Å². The van der Waals surface area contributed by atoms with Gasteiger partial charge in [0, 0.05) is 5.92 Å². The third kappa shape index (κ3) is 4.98. The van der Waals surface area contributed by atoms with Gasteiger partial charge >= 0.3 is 0 Å². The lowest BCUT2D eigenvalue weighted by Gasteiger charge is -2.26. The second-order valence-corrected chi connectivity index (χ2v) is 8.34. The van der Waals surface area contributed by atoms with Crippen molar-refractivity contribution in [3.05, 3.63) is 5.01 Å². The van der Waals surface area contributed by atoms with E-state index in [9.17, 15) is 14.7 Å². The SMILES string of the molecule is CCCC(NC(=O)C(O)C(C)(C)C)C(=O)Nc1nnc(C2CC2)s1. The molecule has 2 atom stereocenters. The summed E-state index contributed by atoms with van der Waals surface area (Å²) in [6.07, 6.45) is 2.30. The molecule has 1 fully saturated rings. The largest absolute Gasteiger partial charge is 0.383 e. The highest BCUT2D eigenvalue weighted by Gasteiger charge is 2.32. The Kier molecular flexibility index (Phi) is 5.92. The second-order valence-electron chi connectivity index (χ2n) is 7.33. The molecule has 0 saturated heterocycles. The minimum Gasteiger partial charge on any atom is -0.383 e. The Morgan fingerprint density at radius 2 is 1.96 bits per heavy atom. The quantitative estimate of drug-likeness (QED) is 0.695. The standard InChI is InChI=1S/C16H26N4O3S/c1-5-6-10(17-13(23)11(21)16(2,3)4)12(22)18-15-20-19-14(24-15)9-7-8-9/h9-11,21H,5-8H2,1-4H3,(H,17,23)(H,18,20,22). The van der Waals surface area contributed by atoms with Crippen LogP contribution in [0.15, 0.2) is 0 Å². The van der Waals surface area contributed by atoms with Crippen LogP contribution in [0.3, 0.4) is 0 Å². The van der Waals surface area contributed by atoms with Crippen molar-refractivity contribution in [1.82, 2.24) is 15.5 Å². The number of amides is 2. The molecule has 8 heteroatoms. The van der Waals surface area contributed by atoms with Gasteiger partial charge in [0.1, 0.15) is 17.2 Å². The summed E-state index contributed by atoms with van der Waals surface area (Å²) in [4.78, 5) is 24.6. The molecule has 2 unspecified atom stereocenters. The van der Waals surface area contributed by atoms with E-state index in [4.69, 9.17) is 0 Å². The van der Waals surface area contributed by atoms with Crippen LogP contribution in [0, 0.1) is 5.41 Å². The first-order chi connectivity index (χ1) is 11.2. The minimum atomic E-state index is -1.17. The highest BCUT2D eigenvalue weighted by Crippen LogP contribution is 2.42. The molecule has 0 spiro atoms. The van der Waals surface area contributed by atoms with Crippen LogP contribution in [-0.4, -0.2) is 39.3 Å². The van der Waals surface area contributed by atoms with E-state index >= 15 is 0 Å². The second kappa shape index (κ2) is 7.57. The highest BCUT2D eigenvalue weighted by molar-refractivity contribution is 7.15. The van der Waals surface area contributed by atoms with Gasteiger partial charge in [0.05, 0.1) is 0 Å². The van der Waals surface area contributed by atoms with Crippen molar-refractivity contribution in [3.8, 4) is 0 Å². The number of nitrogens with one attached hydrogen (secondary N) is 2. The monoisotopic (exact) mass is 354 g/mol. The van der Waals surface area contributed by atoms with Gasteiger partial charge in [0.2, 0.25) is 16.9 Å². The number of carbonyl (C=O) groups is 2. The molecule has 134 valence electrons. The van der Waals surface area contributed by atoms with Crippen LogP contribution >= 0.6 is 11.3 Å². The molecule has 1 aromatic heterocycles. The Hall–Kier alpha value is -1.54. The Bertz CT molecular complexity index is 592. The van der Waals surface area contributed by atoms with Gasteiger partial charge in [-0.3, -0.25) is 14.9 Å². The normalized spacial score (nSPS) is 17.2. The summed E-state index contributed by atoms with van der Waals surface area (Å²) >= 11 is 1.38. The zero-order valence-corrected chi connectivity index (χ0v) is 15.4. The fourth-order valence-corrected chi connectivity index (χ4v) is 3.09. The highest BCUT2D eigenvalue weighted by atomic mass is 32.1. The maximum atomic E-state index is 12.4. The van der Waals surface area contributed by atoms with Crippen LogP contribution in [-0.2, 0) is 9.59 Å². The number of rotatable bonds is 7. The number of hydrogen-bond donors (Lipinski definition) is 3. The third-order valence-corrected chi connectivity index (χ3v) is 4.88. The van der Waals surface area contributed by atoms with E-state index in [0.29, 0.717) is 17.5 Å². The summed E-state index contributed by atoms with van der Waals surface area (Å²) in [5.74, 6) is -0.377. The Balaban J connectivity index is 1.97. The smallest absolute Gasteiger partial charge is 0.250 e. The molecule has 2 rings (SSSR count). The summed E-state index contributed by atoms with van der Waals surface area (Å²) in [6.45, 7) is 7.25. The maximum absolute atomic E-state index is 12.4. The van der Waals surface area contributed by atoms with E-state index in [-0.39, 0.29) is 5.91 Å². The van der Waals surface area contributed by atoms with Gasteiger partial charge in [-0.25, -0.2) is 0 Å². The summed E-state index contributed by atoms with van der Waals surface area (Å²) in [6, 6.07) is -0.701. The van der Waals surface area contributed by atoms with Crippen molar-refractivity contribution in [2.24, 2.45) is 5.41 Å². The number of anilines is 1. The van der Waals surface area contributed by atoms with Crippen LogP contribution in [0.4, 0.5) is 5.13 Å². The molecule has 1 heterocycles. The lowest BCUT2D eigenvalue weighted by molar-refractivity contribution is -0.137. The molecule has 3 N–H and O–H groups in total. The van der Waals surface area contributed by atoms with E-state index in [1.54, 1.807) is 20.8 Å². The van der Waals surface area contributed by atoms with Crippen LogP contribution in [0.5, 0.6) is 0 Å². The summed E-state index contributed by atoms with van der Waals surface area (Å²) in [5, 5.41) is 24.9. The van der Waals surface area contributed by atoms with Crippen molar-refractivity contribution in [1.29, 1.82) is 0 Å². The summed E-state index contributed by atoms with van der Waals surface area (Å²) in [5.41, 5.74) is -0.588. The number of carbonyl (C=O) groups excluding carboxylic acids is 2. The van der Waals surface area contributed by atoms with Gasteiger partial charge < -0.3 is 10.4 Å². The van der Waals surface area contributed by atoms with Gasteiger partial charge in [-0.2, -0.15) is 0 Å². The predicted octanol–water partition coefficient (Wildman–Crippen LogP) is 2.05. The Morgan fingerprint density at radius 3 is 2.50 bits per heavy atom. The van der Waals surface area contributed by atoms with Crippen molar-refractivity contribution < 1.29 is 14.7 Å². The maximum Gasteiger partial charge on any atom is 0.250 e. The molecule has 1 aliphatic rings. The molecule has 0 radical (unpaired) electrons. The van der Waals surface area contributed by atoms with E-state index in [1.807, 2.05) is 6.92 Å². The molecular formula is C16H26N4O3S. The van der Waals surface area contributed by atoms with Crippen molar-refractivity contribution in [2.75, 3.05) is 5.32 Å². The number of hydrogen-bond acceptors (Lipinski definition) is 6. The molecule has 7 nitrogen and oxygen atoms in total. The minimum absolute atomic E-state index is 0.329. The van der Waals surface area contributed by atoms with Gasteiger partial charge in [-0.1, -0.05) is 45.5 Å². The molecule has 1 aromatic rings. The molecule has 0 aromatic carbocycles. The molecular weight excluding hydrogens is 328 g/mol. The Labute approximate surface area is 146 Å². The fraction of sp³-hybridized carbons (Fsp3) is 0.750. The third-order valence-electron chi connectivity index (χ3n) is 3.88. The molecule has 24 heavy (non-hydrogen) atoms. The Morgan fingerprint density at radius 1 is 1.29 bits per heavy atom. The van der Waals surface area contributed by atoms with E-state index < -0.39 is 23.5 Å². The lowest BCUT2D eigenvalue weighted by Crippen LogP contribution is -2.50. The van der Waals surface area contributed by atoms with Crippen LogP contribution in [0.1, 0.15) is 64.3 Å². The summed E-state index contributed by atoms with van der Waals surface area (Å²) in [7, 11) is 0. The van der Waals surface area contributed by atoms with Crippen LogP contribution in [0.25, 0.3) is 0 Å². The topological polar surface area (TPSA) is 104 Å².